The molecular formula is C20H44N2O. The van der Waals surface area contributed by atoms with Gasteiger partial charge in [0, 0.05) is 19.6 Å². The fourth-order valence-corrected chi connectivity index (χ4v) is 3.05. The first kappa shape index (κ1) is 22.9. The highest BCUT2D eigenvalue weighted by Gasteiger charge is 2.02. The topological polar surface area (TPSA) is 58.3 Å². The van der Waals surface area contributed by atoms with Crippen molar-refractivity contribution in [2.45, 2.75) is 109 Å². The summed E-state index contributed by atoms with van der Waals surface area (Å²) in [5.41, 5.74) is 5.40. The van der Waals surface area contributed by atoms with E-state index < -0.39 is 0 Å². The third-order valence-corrected chi connectivity index (χ3v) is 4.59. The van der Waals surface area contributed by atoms with Crippen molar-refractivity contribution in [2.75, 3.05) is 19.6 Å². The van der Waals surface area contributed by atoms with Gasteiger partial charge >= 0.3 is 0 Å². The summed E-state index contributed by atoms with van der Waals surface area (Å²) in [6, 6.07) is 0. The Balaban J connectivity index is 3.05. The molecule has 0 aromatic carbocycles. The van der Waals surface area contributed by atoms with Crippen LogP contribution in [0.4, 0.5) is 0 Å². The monoisotopic (exact) mass is 328 g/mol. The van der Waals surface area contributed by atoms with Gasteiger partial charge < -0.3 is 16.2 Å². The maximum Gasteiger partial charge on any atom is 0.0664 e. The van der Waals surface area contributed by atoms with E-state index in [4.69, 9.17) is 5.73 Å². The first-order valence-corrected chi connectivity index (χ1v) is 10.4. The molecule has 1 atom stereocenters. The molecule has 140 valence electrons. The molecule has 0 aliphatic rings. The van der Waals surface area contributed by atoms with Gasteiger partial charge in [0.25, 0.3) is 0 Å². The summed E-state index contributed by atoms with van der Waals surface area (Å²) in [5.74, 6) is 0. The highest BCUT2D eigenvalue weighted by Crippen LogP contribution is 2.13. The fraction of sp³-hybridized carbons (Fsp3) is 1.00. The van der Waals surface area contributed by atoms with Crippen LogP contribution in [0.25, 0.3) is 0 Å². The zero-order valence-electron chi connectivity index (χ0n) is 15.8. The van der Waals surface area contributed by atoms with E-state index >= 15 is 0 Å². The van der Waals surface area contributed by atoms with Gasteiger partial charge in [-0.2, -0.15) is 0 Å². The van der Waals surface area contributed by atoms with Crippen LogP contribution in [0, 0.1) is 0 Å². The van der Waals surface area contributed by atoms with Crippen LogP contribution >= 0.6 is 0 Å². The van der Waals surface area contributed by atoms with Gasteiger partial charge in [-0.1, -0.05) is 96.8 Å². The molecular weight excluding hydrogens is 284 g/mol. The molecule has 4 N–H and O–H groups in total. The summed E-state index contributed by atoms with van der Waals surface area (Å²) >= 11 is 0. The van der Waals surface area contributed by atoms with Crippen molar-refractivity contribution in [1.82, 2.24) is 5.32 Å². The van der Waals surface area contributed by atoms with Crippen LogP contribution in [0.3, 0.4) is 0 Å². The molecule has 3 heteroatoms. The van der Waals surface area contributed by atoms with Gasteiger partial charge in [0.15, 0.2) is 0 Å². The van der Waals surface area contributed by atoms with Crippen LogP contribution in [0.15, 0.2) is 0 Å². The summed E-state index contributed by atoms with van der Waals surface area (Å²) in [6.07, 6.45) is 20.1. The molecule has 0 aromatic rings. The van der Waals surface area contributed by atoms with E-state index in [0.717, 1.165) is 19.4 Å². The number of hydrogen-bond donors (Lipinski definition) is 3. The summed E-state index contributed by atoms with van der Waals surface area (Å²) < 4.78 is 0. The van der Waals surface area contributed by atoms with Crippen molar-refractivity contribution >= 4 is 0 Å². The third kappa shape index (κ3) is 19.8. The van der Waals surface area contributed by atoms with Crippen LogP contribution in [-0.4, -0.2) is 30.8 Å². The van der Waals surface area contributed by atoms with Crippen molar-refractivity contribution in [2.24, 2.45) is 5.73 Å². The number of nitrogens with one attached hydrogen (secondary N) is 1. The number of nitrogens with two attached hydrogens (primary N) is 1. The average molecular weight is 329 g/mol. The molecule has 23 heavy (non-hydrogen) atoms. The standard InChI is InChI=1S/C20H44N2O/c1-2-3-4-5-6-7-8-9-10-11-12-13-14-15-16-20(23)19-22-18-17-21/h20,22-23H,2-19,21H2,1H3. The van der Waals surface area contributed by atoms with Gasteiger partial charge in [0.05, 0.1) is 6.10 Å². The molecule has 0 aromatic heterocycles. The van der Waals surface area contributed by atoms with Gasteiger partial charge in [-0.15, -0.1) is 0 Å². The van der Waals surface area contributed by atoms with E-state index in [9.17, 15) is 5.11 Å². The second-order valence-electron chi connectivity index (χ2n) is 7.03. The van der Waals surface area contributed by atoms with E-state index in [1.54, 1.807) is 0 Å². The van der Waals surface area contributed by atoms with Crippen molar-refractivity contribution in [3.8, 4) is 0 Å². The van der Waals surface area contributed by atoms with Gasteiger partial charge in [0.2, 0.25) is 0 Å². The van der Waals surface area contributed by atoms with Crippen molar-refractivity contribution in [3.05, 3.63) is 0 Å². The number of aliphatic hydroxyl groups is 1. The Hall–Kier alpha value is -0.120. The molecule has 0 bridgehead atoms. The van der Waals surface area contributed by atoms with Crippen LogP contribution in [-0.2, 0) is 0 Å². The van der Waals surface area contributed by atoms with E-state index in [0.29, 0.717) is 13.1 Å². The Kier molecular flexibility index (Phi) is 19.8. The molecule has 0 heterocycles. The first-order valence-electron chi connectivity index (χ1n) is 10.4. The predicted molar refractivity (Wildman–Crippen MR) is 103 cm³/mol. The van der Waals surface area contributed by atoms with E-state index in [1.807, 2.05) is 0 Å². The minimum atomic E-state index is -0.195. The normalized spacial score (nSPS) is 12.7. The molecule has 0 rings (SSSR count). The highest BCUT2D eigenvalue weighted by atomic mass is 16.3. The molecule has 0 aliphatic carbocycles. The lowest BCUT2D eigenvalue weighted by Gasteiger charge is -2.11. The number of unbranched alkanes of at least 4 members (excludes halogenated alkanes) is 13. The molecule has 0 radical (unpaired) electrons. The Morgan fingerprint density at radius 1 is 0.739 bits per heavy atom. The maximum absolute atomic E-state index is 9.76. The summed E-state index contributed by atoms with van der Waals surface area (Å²) in [7, 11) is 0. The minimum absolute atomic E-state index is 0.195. The largest absolute Gasteiger partial charge is 0.392 e. The Morgan fingerprint density at radius 2 is 1.17 bits per heavy atom. The summed E-state index contributed by atoms with van der Waals surface area (Å²) in [4.78, 5) is 0. The van der Waals surface area contributed by atoms with Gasteiger partial charge in [-0.3, -0.25) is 0 Å². The summed E-state index contributed by atoms with van der Waals surface area (Å²) in [6.45, 7) is 4.42. The van der Waals surface area contributed by atoms with E-state index in [-0.39, 0.29) is 6.10 Å². The second kappa shape index (κ2) is 19.9. The lowest BCUT2D eigenvalue weighted by atomic mass is 10.0. The smallest absolute Gasteiger partial charge is 0.0664 e. The minimum Gasteiger partial charge on any atom is -0.392 e. The fourth-order valence-electron chi connectivity index (χ4n) is 3.05. The number of rotatable bonds is 19. The molecule has 3 nitrogen and oxygen atoms in total. The first-order chi connectivity index (χ1) is 11.3. The van der Waals surface area contributed by atoms with Crippen molar-refractivity contribution < 1.29 is 5.11 Å². The highest BCUT2D eigenvalue weighted by molar-refractivity contribution is 4.60. The molecule has 1 unspecified atom stereocenters. The van der Waals surface area contributed by atoms with Gasteiger partial charge in [-0.25, -0.2) is 0 Å². The maximum atomic E-state index is 9.76. The molecule has 0 saturated heterocycles. The predicted octanol–water partition coefficient (Wildman–Crippen LogP) is 4.77. The Labute approximate surface area is 145 Å². The number of hydrogen-bond acceptors (Lipinski definition) is 3. The van der Waals surface area contributed by atoms with Crippen molar-refractivity contribution in [3.63, 3.8) is 0 Å². The lowest BCUT2D eigenvalue weighted by molar-refractivity contribution is 0.158. The quantitative estimate of drug-likeness (QED) is 0.299. The molecule has 0 fully saturated rings. The van der Waals surface area contributed by atoms with Crippen LogP contribution < -0.4 is 11.1 Å². The van der Waals surface area contributed by atoms with Crippen LogP contribution in [0.1, 0.15) is 103 Å². The molecule has 0 aliphatic heterocycles. The Morgan fingerprint density at radius 3 is 1.61 bits per heavy atom. The Bertz CT molecular complexity index is 212. The van der Waals surface area contributed by atoms with Crippen molar-refractivity contribution in [1.29, 1.82) is 0 Å². The zero-order chi connectivity index (χ0) is 17.0. The molecule has 0 spiro atoms. The zero-order valence-corrected chi connectivity index (χ0v) is 15.8. The van der Waals surface area contributed by atoms with Gasteiger partial charge in [-0.05, 0) is 6.42 Å². The average Bonchev–Trinajstić information content (AvgIpc) is 2.55. The third-order valence-electron chi connectivity index (χ3n) is 4.59. The molecule has 0 amide bonds. The SMILES string of the molecule is CCCCCCCCCCCCCCCCC(O)CNCCN. The number of aliphatic hydroxyl groups excluding tert-OH is 1. The molecule has 0 saturated carbocycles. The van der Waals surface area contributed by atoms with Gasteiger partial charge in [0.1, 0.15) is 0 Å². The van der Waals surface area contributed by atoms with E-state index in [2.05, 4.69) is 12.2 Å². The van der Waals surface area contributed by atoms with E-state index in [1.165, 1.54) is 83.5 Å². The lowest BCUT2D eigenvalue weighted by Crippen LogP contribution is -2.30. The summed E-state index contributed by atoms with van der Waals surface area (Å²) in [5, 5.41) is 12.9. The second-order valence-corrected chi connectivity index (χ2v) is 7.03. The van der Waals surface area contributed by atoms with Crippen LogP contribution in [0.5, 0.6) is 0 Å². The van der Waals surface area contributed by atoms with Crippen LogP contribution in [0.2, 0.25) is 0 Å².